The Balaban J connectivity index is 1.68. The molecule has 4 atom stereocenters. The highest BCUT2D eigenvalue weighted by Gasteiger charge is 2.48. The second kappa shape index (κ2) is 4.81. The van der Waals surface area contributed by atoms with E-state index in [1.807, 2.05) is 29.7 Å². The molecule has 19 heavy (non-hydrogen) atoms. The zero-order valence-corrected chi connectivity index (χ0v) is 11.1. The number of nitrogens with one attached hydrogen (secondary N) is 1. The van der Waals surface area contributed by atoms with Crippen LogP contribution in [-0.2, 0) is 16.1 Å². The van der Waals surface area contributed by atoms with E-state index < -0.39 is 17.8 Å². The average molecular weight is 276 g/mol. The second-order valence-corrected chi connectivity index (χ2v) is 6.15. The van der Waals surface area contributed by atoms with Crippen molar-refractivity contribution in [2.75, 3.05) is 0 Å². The lowest BCUT2D eigenvalue weighted by Crippen LogP contribution is -2.44. The van der Waals surface area contributed by atoms with E-state index in [1.54, 1.807) is 11.3 Å². The van der Waals surface area contributed by atoms with E-state index in [1.165, 1.54) is 0 Å². The molecule has 0 saturated heterocycles. The Morgan fingerprint density at radius 2 is 2.05 bits per heavy atom. The number of hydrogen-bond acceptors (Lipinski definition) is 4. The molecule has 3 rings (SSSR count). The number of carbonyl (C=O) groups excluding carboxylic acids is 2. The number of allylic oxidation sites excluding steroid dienone is 2. The van der Waals surface area contributed by atoms with Crippen LogP contribution in [0, 0.1) is 23.7 Å². The van der Waals surface area contributed by atoms with Gasteiger partial charge < -0.3 is 15.2 Å². The maximum Gasteiger partial charge on any atom is 0.224 e. The third kappa shape index (κ3) is 2.18. The largest absolute Gasteiger partial charge is 0.550 e. The average Bonchev–Trinajstić information content (AvgIpc) is 3.10. The van der Waals surface area contributed by atoms with Gasteiger partial charge in [0.1, 0.15) is 0 Å². The lowest BCUT2D eigenvalue weighted by atomic mass is 9.82. The first-order valence-corrected chi connectivity index (χ1v) is 7.24. The van der Waals surface area contributed by atoms with Gasteiger partial charge in [-0.1, -0.05) is 18.2 Å². The monoisotopic (exact) mass is 276 g/mol. The minimum Gasteiger partial charge on any atom is -0.550 e. The van der Waals surface area contributed by atoms with E-state index in [0.29, 0.717) is 6.54 Å². The number of amides is 1. The molecule has 1 fully saturated rings. The molecular weight excluding hydrogens is 262 g/mol. The summed E-state index contributed by atoms with van der Waals surface area (Å²) in [6, 6.07) is 3.87. The molecule has 1 N–H and O–H groups in total. The van der Waals surface area contributed by atoms with E-state index in [2.05, 4.69) is 5.32 Å². The number of aliphatic carboxylic acids is 1. The van der Waals surface area contributed by atoms with Crippen LogP contribution in [0.25, 0.3) is 0 Å². The van der Waals surface area contributed by atoms with Gasteiger partial charge in [-0.25, -0.2) is 0 Å². The number of fused-ring (bicyclic) bond motifs is 2. The van der Waals surface area contributed by atoms with Crippen LogP contribution in [0.15, 0.2) is 29.7 Å². The van der Waals surface area contributed by atoms with Crippen LogP contribution < -0.4 is 10.4 Å². The zero-order chi connectivity index (χ0) is 13.4. The lowest BCUT2D eigenvalue weighted by molar-refractivity contribution is -0.313. The van der Waals surface area contributed by atoms with E-state index in [9.17, 15) is 14.7 Å². The number of hydrogen-bond donors (Lipinski definition) is 1. The first-order valence-electron chi connectivity index (χ1n) is 6.36. The van der Waals surface area contributed by atoms with Gasteiger partial charge in [-0.05, 0) is 29.7 Å². The summed E-state index contributed by atoms with van der Waals surface area (Å²) in [6.45, 7) is 0.466. The standard InChI is InChI=1S/C14H15NO3S/c16-13(15-7-10-2-1-5-19-10)11-8-3-4-9(6-8)12(11)14(17)18/h1-5,8-9,11-12H,6-7H2,(H,15,16)(H,17,18)/p-1/t8-,9-,11+,12-/m0/s1. The van der Waals surface area contributed by atoms with Crippen LogP contribution in [0.3, 0.4) is 0 Å². The summed E-state index contributed by atoms with van der Waals surface area (Å²) >= 11 is 1.57. The molecule has 0 spiro atoms. The molecule has 4 nitrogen and oxygen atoms in total. The number of rotatable bonds is 4. The highest BCUT2D eigenvalue weighted by atomic mass is 32.1. The SMILES string of the molecule is O=C([O-])[C@@H]1[C@H](C(=O)NCc2cccs2)[C@H]2C=C[C@H]1C2. The zero-order valence-electron chi connectivity index (χ0n) is 10.2. The van der Waals surface area contributed by atoms with E-state index >= 15 is 0 Å². The van der Waals surface area contributed by atoms with Gasteiger partial charge in [0.05, 0.1) is 12.5 Å². The second-order valence-electron chi connectivity index (χ2n) is 5.12. The molecule has 0 aromatic carbocycles. The smallest absolute Gasteiger partial charge is 0.224 e. The van der Waals surface area contributed by atoms with Crippen molar-refractivity contribution in [2.24, 2.45) is 23.7 Å². The van der Waals surface area contributed by atoms with Crippen LogP contribution in [0.2, 0.25) is 0 Å². The molecule has 5 heteroatoms. The molecule has 1 saturated carbocycles. The molecule has 2 aliphatic carbocycles. The Morgan fingerprint density at radius 1 is 1.32 bits per heavy atom. The van der Waals surface area contributed by atoms with Crippen molar-refractivity contribution in [2.45, 2.75) is 13.0 Å². The minimum absolute atomic E-state index is 0.0347. The van der Waals surface area contributed by atoms with Crippen molar-refractivity contribution < 1.29 is 14.7 Å². The van der Waals surface area contributed by atoms with E-state index in [-0.39, 0.29) is 17.7 Å². The quantitative estimate of drug-likeness (QED) is 0.817. The predicted molar refractivity (Wildman–Crippen MR) is 68.9 cm³/mol. The Labute approximate surface area is 115 Å². The van der Waals surface area contributed by atoms with Crippen molar-refractivity contribution in [1.82, 2.24) is 5.32 Å². The summed E-state index contributed by atoms with van der Waals surface area (Å²) < 4.78 is 0. The molecule has 100 valence electrons. The fraction of sp³-hybridized carbons (Fsp3) is 0.429. The number of carboxylic acid groups (broad SMARTS) is 1. The number of thiophene rings is 1. The fourth-order valence-corrected chi connectivity index (χ4v) is 3.85. The van der Waals surface area contributed by atoms with Crippen LogP contribution >= 0.6 is 11.3 Å². The first kappa shape index (κ1) is 12.4. The van der Waals surface area contributed by atoms with Crippen molar-refractivity contribution in [3.05, 3.63) is 34.5 Å². The lowest BCUT2D eigenvalue weighted by Gasteiger charge is -2.27. The van der Waals surface area contributed by atoms with Gasteiger partial charge in [-0.3, -0.25) is 4.79 Å². The summed E-state index contributed by atoms with van der Waals surface area (Å²) in [4.78, 5) is 24.5. The molecule has 2 aliphatic rings. The van der Waals surface area contributed by atoms with E-state index in [4.69, 9.17) is 0 Å². The van der Waals surface area contributed by atoms with Crippen molar-refractivity contribution in [1.29, 1.82) is 0 Å². The van der Waals surface area contributed by atoms with Gasteiger partial charge in [0, 0.05) is 16.8 Å². The van der Waals surface area contributed by atoms with Crippen molar-refractivity contribution >= 4 is 23.2 Å². The molecule has 1 heterocycles. The summed E-state index contributed by atoms with van der Waals surface area (Å²) in [5, 5.41) is 16.0. The van der Waals surface area contributed by atoms with Gasteiger partial charge in [-0.2, -0.15) is 0 Å². The van der Waals surface area contributed by atoms with E-state index in [0.717, 1.165) is 11.3 Å². The molecular formula is C14H14NO3S-. The van der Waals surface area contributed by atoms with Gasteiger partial charge in [-0.15, -0.1) is 11.3 Å². The Kier molecular flexibility index (Phi) is 3.14. The number of carbonyl (C=O) groups is 2. The van der Waals surface area contributed by atoms with Crippen LogP contribution in [-0.4, -0.2) is 11.9 Å². The maximum absolute atomic E-state index is 12.2. The Bertz CT molecular complexity index is 523. The van der Waals surface area contributed by atoms with Crippen LogP contribution in [0.4, 0.5) is 0 Å². The predicted octanol–water partition coefficient (Wildman–Crippen LogP) is 0.552. The van der Waals surface area contributed by atoms with Crippen molar-refractivity contribution in [3.8, 4) is 0 Å². The van der Waals surface area contributed by atoms with Crippen LogP contribution in [0.5, 0.6) is 0 Å². The fourth-order valence-electron chi connectivity index (χ4n) is 3.21. The van der Waals surface area contributed by atoms with Crippen molar-refractivity contribution in [3.63, 3.8) is 0 Å². The molecule has 0 aliphatic heterocycles. The molecule has 1 aromatic rings. The molecule has 1 amide bonds. The molecule has 2 bridgehead atoms. The van der Waals surface area contributed by atoms with Gasteiger partial charge >= 0.3 is 0 Å². The normalized spacial score (nSPS) is 31.6. The topological polar surface area (TPSA) is 69.2 Å². The third-order valence-corrected chi connectivity index (χ3v) is 4.93. The summed E-state index contributed by atoms with van der Waals surface area (Å²) in [6.07, 6.45) is 4.64. The van der Waals surface area contributed by atoms with Crippen LogP contribution in [0.1, 0.15) is 11.3 Å². The molecule has 1 aromatic heterocycles. The molecule has 0 unspecified atom stereocenters. The number of carboxylic acids is 1. The third-order valence-electron chi connectivity index (χ3n) is 4.05. The molecule has 0 radical (unpaired) electrons. The summed E-state index contributed by atoms with van der Waals surface area (Å²) in [7, 11) is 0. The summed E-state index contributed by atoms with van der Waals surface area (Å²) in [5.41, 5.74) is 0. The highest BCUT2D eigenvalue weighted by molar-refractivity contribution is 7.09. The highest BCUT2D eigenvalue weighted by Crippen LogP contribution is 2.47. The Morgan fingerprint density at radius 3 is 2.68 bits per heavy atom. The maximum atomic E-state index is 12.2. The van der Waals surface area contributed by atoms with Gasteiger partial charge in [0.15, 0.2) is 0 Å². The Hall–Kier alpha value is -1.62. The summed E-state index contributed by atoms with van der Waals surface area (Å²) in [5.74, 6) is -2.39. The minimum atomic E-state index is -1.10. The van der Waals surface area contributed by atoms with Gasteiger partial charge in [0.25, 0.3) is 0 Å². The van der Waals surface area contributed by atoms with Gasteiger partial charge in [0.2, 0.25) is 5.91 Å². The first-order chi connectivity index (χ1) is 9.16.